The van der Waals surface area contributed by atoms with Gasteiger partial charge in [0.1, 0.15) is 0 Å². The highest BCUT2D eigenvalue weighted by molar-refractivity contribution is 6.20. The summed E-state index contributed by atoms with van der Waals surface area (Å²) in [5, 5.41) is 11.1. The minimum atomic E-state index is -0.329. The summed E-state index contributed by atoms with van der Waals surface area (Å²) in [7, 11) is 0. The number of nitro groups is 1. The Morgan fingerprint density at radius 3 is 2.37 bits per heavy atom. The van der Waals surface area contributed by atoms with E-state index in [4.69, 9.17) is 11.6 Å². The summed E-state index contributed by atoms with van der Waals surface area (Å²) in [6, 6.07) is 0. The zero-order chi connectivity index (χ0) is 14.7. The first-order chi connectivity index (χ1) is 8.75. The zero-order valence-corrected chi connectivity index (χ0v) is 12.9. The molecule has 19 heavy (non-hydrogen) atoms. The van der Waals surface area contributed by atoms with Gasteiger partial charge in [-0.3, -0.25) is 15.1 Å². The highest BCUT2D eigenvalue weighted by atomic mass is 35.5. The maximum Gasteiger partial charge on any atom is 0.278 e. The molecule has 0 saturated heterocycles. The van der Waals surface area contributed by atoms with Crippen molar-refractivity contribution >= 4 is 17.3 Å². The van der Waals surface area contributed by atoms with E-state index in [0.717, 1.165) is 5.69 Å². The van der Waals surface area contributed by atoms with Crippen LogP contribution in [-0.2, 0) is 6.42 Å². The van der Waals surface area contributed by atoms with Crippen molar-refractivity contribution in [2.24, 2.45) is 11.8 Å². The van der Waals surface area contributed by atoms with Gasteiger partial charge in [0.2, 0.25) is 0 Å². The van der Waals surface area contributed by atoms with E-state index < -0.39 is 0 Å². The van der Waals surface area contributed by atoms with Gasteiger partial charge in [0.25, 0.3) is 5.69 Å². The topological polar surface area (TPSA) is 56.0 Å². The van der Waals surface area contributed by atoms with E-state index in [0.29, 0.717) is 23.5 Å². The van der Waals surface area contributed by atoms with Crippen LogP contribution in [-0.4, -0.2) is 15.3 Å². The fraction of sp³-hybridized carbons (Fsp3) is 0.643. The molecule has 0 aromatic carbocycles. The highest BCUT2D eigenvalue weighted by Crippen LogP contribution is 2.29. The van der Waals surface area contributed by atoms with Crippen LogP contribution in [0.3, 0.4) is 0 Å². The van der Waals surface area contributed by atoms with Crippen molar-refractivity contribution in [3.8, 4) is 0 Å². The lowest BCUT2D eigenvalue weighted by Crippen LogP contribution is -2.22. The summed E-state index contributed by atoms with van der Waals surface area (Å²) in [5.41, 5.74) is 2.22. The van der Waals surface area contributed by atoms with E-state index in [-0.39, 0.29) is 21.9 Å². The van der Waals surface area contributed by atoms with Crippen molar-refractivity contribution in [2.75, 3.05) is 0 Å². The summed E-state index contributed by atoms with van der Waals surface area (Å²) in [6.45, 7) is 9.67. The lowest BCUT2D eigenvalue weighted by atomic mass is 9.87. The van der Waals surface area contributed by atoms with E-state index in [1.165, 1.54) is 0 Å². The summed E-state index contributed by atoms with van der Waals surface area (Å²) in [5.74, 6) is 0.671. The first kappa shape index (κ1) is 15.9. The van der Waals surface area contributed by atoms with Crippen molar-refractivity contribution in [3.63, 3.8) is 0 Å². The molecule has 0 bridgehead atoms. The number of alkyl halides is 1. The molecule has 0 amide bonds. The van der Waals surface area contributed by atoms with Crippen LogP contribution >= 0.6 is 11.6 Å². The van der Waals surface area contributed by atoms with E-state index >= 15 is 0 Å². The molecule has 0 aliphatic rings. The molecule has 0 N–H and O–H groups in total. The fourth-order valence-electron chi connectivity index (χ4n) is 2.40. The monoisotopic (exact) mass is 284 g/mol. The first-order valence-corrected chi connectivity index (χ1v) is 6.92. The largest absolute Gasteiger partial charge is 0.278 e. The average Bonchev–Trinajstić information content (AvgIpc) is 2.26. The molecule has 2 atom stereocenters. The van der Waals surface area contributed by atoms with Crippen molar-refractivity contribution in [1.29, 1.82) is 0 Å². The minimum Gasteiger partial charge on any atom is -0.260 e. The van der Waals surface area contributed by atoms with Gasteiger partial charge in [-0.2, -0.15) is 0 Å². The van der Waals surface area contributed by atoms with Gasteiger partial charge in [-0.15, -0.1) is 11.6 Å². The summed E-state index contributed by atoms with van der Waals surface area (Å²) in [6.07, 6.45) is 2.26. The number of nitrogens with zero attached hydrogens (tertiary/aromatic N) is 2. The van der Waals surface area contributed by atoms with Gasteiger partial charge in [0, 0.05) is 22.7 Å². The second-order valence-electron chi connectivity index (χ2n) is 5.41. The molecule has 0 aliphatic heterocycles. The van der Waals surface area contributed by atoms with Crippen LogP contribution in [0.4, 0.5) is 5.69 Å². The standard InChI is InChI=1S/C14H21ClN2O2/c1-8(2)12(11(5)15)6-13-10(4)14(17(18)19)9(3)7-16-13/h7-8,11-12H,6H2,1-5H3. The molecule has 0 aliphatic carbocycles. The second kappa shape index (κ2) is 6.33. The quantitative estimate of drug-likeness (QED) is 0.466. The normalized spacial score (nSPS) is 14.5. The van der Waals surface area contributed by atoms with Gasteiger partial charge in [0.15, 0.2) is 0 Å². The Bertz CT molecular complexity index is 465. The van der Waals surface area contributed by atoms with Gasteiger partial charge in [-0.1, -0.05) is 13.8 Å². The van der Waals surface area contributed by atoms with Gasteiger partial charge >= 0.3 is 0 Å². The third-order valence-corrected chi connectivity index (χ3v) is 3.96. The average molecular weight is 285 g/mol. The van der Waals surface area contributed by atoms with Crippen molar-refractivity contribution < 1.29 is 4.92 Å². The third kappa shape index (κ3) is 3.66. The Hall–Kier alpha value is -1.16. The van der Waals surface area contributed by atoms with E-state index in [1.54, 1.807) is 20.0 Å². The maximum absolute atomic E-state index is 11.1. The van der Waals surface area contributed by atoms with Gasteiger partial charge < -0.3 is 0 Å². The molecular weight excluding hydrogens is 264 g/mol. The molecule has 0 radical (unpaired) electrons. The number of halogens is 1. The van der Waals surface area contributed by atoms with Crippen LogP contribution in [0, 0.1) is 35.8 Å². The Balaban J connectivity index is 3.15. The minimum absolute atomic E-state index is 0.0153. The van der Waals surface area contributed by atoms with Crippen molar-refractivity contribution in [2.45, 2.75) is 46.4 Å². The number of hydrogen-bond acceptors (Lipinski definition) is 3. The van der Waals surface area contributed by atoms with Crippen LogP contribution in [0.15, 0.2) is 6.20 Å². The Morgan fingerprint density at radius 1 is 1.37 bits per heavy atom. The number of hydrogen-bond donors (Lipinski definition) is 0. The predicted molar refractivity (Wildman–Crippen MR) is 77.7 cm³/mol. The summed E-state index contributed by atoms with van der Waals surface area (Å²) < 4.78 is 0. The zero-order valence-electron chi connectivity index (χ0n) is 12.1. The Kier molecular flexibility index (Phi) is 5.29. The van der Waals surface area contributed by atoms with Crippen LogP contribution in [0.2, 0.25) is 0 Å². The van der Waals surface area contributed by atoms with Crippen LogP contribution in [0.1, 0.15) is 37.6 Å². The van der Waals surface area contributed by atoms with Gasteiger partial charge in [-0.25, -0.2) is 0 Å². The molecule has 1 aromatic heterocycles. The van der Waals surface area contributed by atoms with E-state index in [1.807, 2.05) is 6.92 Å². The van der Waals surface area contributed by atoms with Crippen LogP contribution in [0.5, 0.6) is 0 Å². The molecule has 106 valence electrons. The third-order valence-electron chi connectivity index (χ3n) is 3.63. The molecule has 5 heteroatoms. The molecule has 2 unspecified atom stereocenters. The number of aryl methyl sites for hydroxylation is 1. The predicted octanol–water partition coefficient (Wildman–Crippen LogP) is 4.05. The summed E-state index contributed by atoms with van der Waals surface area (Å²) in [4.78, 5) is 15.1. The van der Waals surface area contributed by atoms with Crippen LogP contribution < -0.4 is 0 Å². The smallest absolute Gasteiger partial charge is 0.260 e. The molecule has 0 spiro atoms. The molecule has 1 aromatic rings. The fourth-order valence-corrected chi connectivity index (χ4v) is 2.78. The molecule has 1 rings (SSSR count). The van der Waals surface area contributed by atoms with Gasteiger partial charge in [-0.05, 0) is 39.0 Å². The highest BCUT2D eigenvalue weighted by Gasteiger charge is 2.24. The second-order valence-corrected chi connectivity index (χ2v) is 6.10. The number of rotatable bonds is 5. The first-order valence-electron chi connectivity index (χ1n) is 6.49. The molecule has 1 heterocycles. The lowest BCUT2D eigenvalue weighted by molar-refractivity contribution is -0.386. The van der Waals surface area contributed by atoms with Crippen LogP contribution in [0.25, 0.3) is 0 Å². The molecule has 0 saturated carbocycles. The van der Waals surface area contributed by atoms with Gasteiger partial charge in [0.05, 0.1) is 10.6 Å². The molecule has 0 fully saturated rings. The van der Waals surface area contributed by atoms with Crippen molar-refractivity contribution in [3.05, 3.63) is 33.1 Å². The molecule has 4 nitrogen and oxygen atoms in total. The molecular formula is C14H21ClN2O2. The summed E-state index contributed by atoms with van der Waals surface area (Å²) >= 11 is 6.21. The number of aromatic nitrogens is 1. The van der Waals surface area contributed by atoms with E-state index in [2.05, 4.69) is 18.8 Å². The van der Waals surface area contributed by atoms with Crippen molar-refractivity contribution in [1.82, 2.24) is 4.98 Å². The van der Waals surface area contributed by atoms with E-state index in [9.17, 15) is 10.1 Å². The maximum atomic E-state index is 11.1. The SMILES string of the molecule is Cc1cnc(CC(C(C)C)C(C)Cl)c(C)c1[N+](=O)[O-]. The Labute approximate surface area is 119 Å². The number of pyridine rings is 1. The lowest BCUT2D eigenvalue weighted by Gasteiger charge is -2.23. The Morgan fingerprint density at radius 2 is 1.95 bits per heavy atom.